The number of rotatable bonds is 18. The van der Waals surface area contributed by atoms with Gasteiger partial charge in [0.1, 0.15) is 0 Å². The van der Waals surface area contributed by atoms with Crippen molar-refractivity contribution in [1.29, 1.82) is 0 Å². The van der Waals surface area contributed by atoms with Crippen LogP contribution in [-0.4, -0.2) is 44.3 Å². The normalized spacial score (nSPS) is 9.97. The van der Waals surface area contributed by atoms with Crippen molar-refractivity contribution >= 4 is 17.9 Å². The van der Waals surface area contributed by atoms with Gasteiger partial charge in [0, 0.05) is 25.0 Å². The van der Waals surface area contributed by atoms with Crippen LogP contribution in [0, 0.1) is 18.3 Å². The Balaban J connectivity index is -0.000000565. The van der Waals surface area contributed by atoms with Crippen molar-refractivity contribution in [2.45, 2.75) is 72.6 Å². The first-order valence-electron chi connectivity index (χ1n) is 11.7. The van der Waals surface area contributed by atoms with Crippen molar-refractivity contribution in [1.82, 2.24) is 0 Å². The molecule has 0 aliphatic rings. The molecule has 8 nitrogen and oxygen atoms in total. The Labute approximate surface area is 225 Å². The Morgan fingerprint density at radius 3 is 1.75 bits per heavy atom. The molecule has 0 aromatic heterocycles. The van der Waals surface area contributed by atoms with Crippen molar-refractivity contribution in [3.63, 3.8) is 0 Å². The number of esters is 3. The van der Waals surface area contributed by atoms with Crippen LogP contribution in [-0.2, 0) is 52.9 Å². The van der Waals surface area contributed by atoms with Gasteiger partial charge in [-0.3, -0.25) is 10.7 Å². The van der Waals surface area contributed by atoms with Crippen molar-refractivity contribution < 1.29 is 52.9 Å². The topological polar surface area (TPSA) is 105 Å². The fourth-order valence-electron chi connectivity index (χ4n) is 2.10. The van der Waals surface area contributed by atoms with E-state index in [9.17, 15) is 14.4 Å². The second kappa shape index (κ2) is 25.8. The Kier molecular flexibility index (Phi) is 27.4. The molecule has 0 aromatic carbocycles. The molecule has 0 amide bonds. The molecule has 0 rings (SSSR count). The van der Waals surface area contributed by atoms with Crippen LogP contribution < -0.4 is 0 Å². The van der Waals surface area contributed by atoms with Gasteiger partial charge in [-0.05, 0) is 38.7 Å². The monoisotopic (exact) mass is 555 g/mol. The average molecular weight is 556 g/mol. The number of unbranched alkanes of at least 4 members (excludes halogenated alkanes) is 3. The molecular formula is C27H44CoO8-2. The summed E-state index contributed by atoms with van der Waals surface area (Å²) in [5.74, 6) is 0.887. The summed E-state index contributed by atoms with van der Waals surface area (Å²) in [4.78, 5) is 32.6. The number of carbonyl (C=O) groups excluding carboxylic acids is 3. The number of allylic oxidation sites excluding steroid dienone is 1. The number of carbonyl (C=O) groups is 3. The molecule has 0 unspecified atom stereocenters. The molecule has 0 atom stereocenters. The summed E-state index contributed by atoms with van der Waals surface area (Å²) in [5, 5.41) is 0. The maximum atomic E-state index is 11.2. The summed E-state index contributed by atoms with van der Waals surface area (Å²) >= 11 is 2.31. The van der Waals surface area contributed by atoms with Gasteiger partial charge in [0.15, 0.2) is 0 Å². The van der Waals surface area contributed by atoms with E-state index in [1.54, 1.807) is 0 Å². The van der Waals surface area contributed by atoms with Crippen LogP contribution >= 0.6 is 0 Å². The molecule has 9 heteroatoms. The molecule has 0 saturated carbocycles. The second-order valence-corrected chi connectivity index (χ2v) is 8.87. The van der Waals surface area contributed by atoms with Crippen LogP contribution in [0.1, 0.15) is 72.6 Å². The quantitative estimate of drug-likeness (QED) is 0.0538. The second-order valence-electron chi connectivity index (χ2n) is 8.87. The molecule has 211 valence electrons. The fraction of sp³-hybridized carbons (Fsp3) is 0.593. The summed E-state index contributed by atoms with van der Waals surface area (Å²) in [6, 6.07) is 0. The summed E-state index contributed by atoms with van der Waals surface area (Å²) in [6.45, 7) is 24.0. The van der Waals surface area contributed by atoms with Crippen LogP contribution in [0.25, 0.3) is 0 Å². The van der Waals surface area contributed by atoms with E-state index in [2.05, 4.69) is 42.3 Å². The van der Waals surface area contributed by atoms with Crippen molar-refractivity contribution in [3.05, 3.63) is 50.5 Å². The molecule has 0 heterocycles. The summed E-state index contributed by atoms with van der Waals surface area (Å²) in [6.07, 6.45) is 7.55. The molecule has 0 spiro atoms. The zero-order chi connectivity index (χ0) is 28.4. The molecule has 0 fully saturated rings. The van der Waals surface area contributed by atoms with E-state index >= 15 is 0 Å². The Morgan fingerprint density at radius 1 is 0.833 bits per heavy atom. The van der Waals surface area contributed by atoms with Gasteiger partial charge >= 0.3 is 37.4 Å². The number of hydrogen-bond acceptors (Lipinski definition) is 8. The summed E-state index contributed by atoms with van der Waals surface area (Å²) < 4.78 is 28.1. The minimum atomic E-state index is -0.404. The number of ether oxygens (including phenoxy) is 4. The van der Waals surface area contributed by atoms with E-state index in [0.717, 1.165) is 56.3 Å². The van der Waals surface area contributed by atoms with Crippen LogP contribution in [0.2, 0.25) is 0 Å². The first-order valence-corrected chi connectivity index (χ1v) is 12.2. The van der Waals surface area contributed by atoms with E-state index in [0.29, 0.717) is 32.8 Å². The molecule has 0 saturated heterocycles. The van der Waals surface area contributed by atoms with Gasteiger partial charge in [-0.2, -0.15) is 13.8 Å². The maximum absolute atomic E-state index is 11.2. The van der Waals surface area contributed by atoms with Crippen LogP contribution in [0.15, 0.2) is 37.6 Å². The van der Waals surface area contributed by atoms with Gasteiger partial charge in [-0.1, -0.05) is 33.6 Å². The van der Waals surface area contributed by atoms with E-state index < -0.39 is 5.97 Å². The zero-order valence-electron chi connectivity index (χ0n) is 22.4. The van der Waals surface area contributed by atoms with Gasteiger partial charge in [0.25, 0.3) is 0 Å². The average Bonchev–Trinajstić information content (AvgIpc) is 2.84. The third-order valence-electron chi connectivity index (χ3n) is 3.89. The Hall–Kier alpha value is -2.26. The fourth-order valence-corrected chi connectivity index (χ4v) is 2.10. The van der Waals surface area contributed by atoms with E-state index in [-0.39, 0.29) is 17.4 Å². The molecule has 0 radical (unpaired) electrons. The predicted molar refractivity (Wildman–Crippen MR) is 135 cm³/mol. The van der Waals surface area contributed by atoms with E-state index in [1.807, 2.05) is 27.7 Å². The third-order valence-corrected chi connectivity index (χ3v) is 3.89. The van der Waals surface area contributed by atoms with Crippen LogP contribution in [0.3, 0.4) is 0 Å². The molecule has 0 bridgehead atoms. The van der Waals surface area contributed by atoms with Gasteiger partial charge < -0.3 is 25.9 Å². The van der Waals surface area contributed by atoms with Crippen molar-refractivity contribution in [3.8, 4) is 0 Å². The summed E-state index contributed by atoms with van der Waals surface area (Å²) in [5.41, 5.74) is -0.0948. The Bertz CT molecular complexity index is 638. The van der Waals surface area contributed by atoms with Gasteiger partial charge in [-0.15, -0.1) is 5.41 Å². The van der Waals surface area contributed by atoms with Crippen molar-refractivity contribution in [2.75, 3.05) is 26.4 Å². The predicted octanol–water partition coefficient (Wildman–Crippen LogP) is 5.59. The third kappa shape index (κ3) is 33.9. The van der Waals surface area contributed by atoms with Crippen molar-refractivity contribution in [2.24, 2.45) is 5.41 Å². The molecular weight excluding hydrogens is 511 g/mol. The minimum absolute atomic E-state index is 0.0948. The molecule has 36 heavy (non-hydrogen) atoms. The zero-order valence-corrected chi connectivity index (χ0v) is 23.4. The molecule has 0 aliphatic heterocycles. The number of hydrogen-bond donors (Lipinski definition) is 0. The van der Waals surface area contributed by atoms with E-state index in [1.165, 1.54) is 6.08 Å². The van der Waals surface area contributed by atoms with Gasteiger partial charge in [-0.25, -0.2) is 9.59 Å². The first kappa shape index (κ1) is 38.3. The standard InChI is InChI=1S/C14H23O3.C13H21O4.Co.O/c1-6-13(15)16-10-8-7-9-12(2)17-11-14(3,4)5;1-4-12(14)16-9-7-5-6-8-13(15)17-10-11(2)3;;/h6H,1-3,7-11H2,4-5H3;4H,1,5-10H2,2-3H3;;/q2*-1;;. The SMILES string of the molecule is C=CC(=O)OCCCCC(=C)OCC([CH2-])(C)C.C=CC(=O)OCCCCCC(=O)OC[C-](C)C.[O]=[Co]. The first-order chi connectivity index (χ1) is 16.9. The Morgan fingerprint density at radius 2 is 1.31 bits per heavy atom. The molecule has 0 aromatic rings. The molecule has 0 aliphatic carbocycles. The van der Waals surface area contributed by atoms with Crippen LogP contribution in [0.5, 0.6) is 0 Å². The van der Waals surface area contributed by atoms with Gasteiger partial charge in [0.05, 0.1) is 25.6 Å². The van der Waals surface area contributed by atoms with E-state index in [4.69, 9.17) is 22.8 Å². The molecule has 0 N–H and O–H groups in total. The summed E-state index contributed by atoms with van der Waals surface area (Å²) in [7, 11) is 0. The van der Waals surface area contributed by atoms with Gasteiger partial charge in [0.2, 0.25) is 0 Å². The van der Waals surface area contributed by atoms with Crippen LogP contribution in [0.4, 0.5) is 0 Å².